The van der Waals surface area contributed by atoms with E-state index in [4.69, 9.17) is 16.4 Å². The highest BCUT2D eigenvalue weighted by Gasteiger charge is 2.42. The summed E-state index contributed by atoms with van der Waals surface area (Å²) in [4.78, 5) is 0. The van der Waals surface area contributed by atoms with Gasteiger partial charge < -0.3 is 9.47 Å². The van der Waals surface area contributed by atoms with Gasteiger partial charge in [-0.05, 0) is 19.8 Å². The van der Waals surface area contributed by atoms with Gasteiger partial charge in [0, 0.05) is 18.8 Å². The van der Waals surface area contributed by atoms with E-state index in [0.29, 0.717) is 12.3 Å². The van der Waals surface area contributed by atoms with Crippen molar-refractivity contribution < 1.29 is 9.47 Å². The second-order valence-corrected chi connectivity index (χ2v) is 3.49. The molecule has 1 heterocycles. The van der Waals surface area contributed by atoms with Crippen LogP contribution in [-0.4, -0.2) is 19.0 Å². The lowest BCUT2D eigenvalue weighted by Crippen LogP contribution is -2.48. The lowest BCUT2D eigenvalue weighted by molar-refractivity contribution is -0.316. The number of ether oxygens (including phenoxy) is 2. The van der Waals surface area contributed by atoms with Gasteiger partial charge in [0.1, 0.15) is 0 Å². The molecule has 1 saturated heterocycles. The first-order chi connectivity index (χ1) is 5.35. The summed E-state index contributed by atoms with van der Waals surface area (Å²) in [7, 11) is 0. The van der Waals surface area contributed by atoms with E-state index in [0.717, 1.165) is 26.1 Å². The Balaban J connectivity index is 1.84. The number of hydrogen-bond acceptors (Lipinski definition) is 2. The minimum absolute atomic E-state index is 0.175. The van der Waals surface area contributed by atoms with Crippen LogP contribution in [-0.2, 0) is 9.47 Å². The molecule has 0 amide bonds. The highest BCUT2D eigenvalue weighted by molar-refractivity contribution is 4.84. The molecular weight excluding hydrogens is 140 g/mol. The Labute approximate surface area is 67.9 Å². The molecule has 2 nitrogen and oxygen atoms in total. The first kappa shape index (κ1) is 7.56. The third kappa shape index (κ3) is 1.30. The molecule has 1 saturated carbocycles. The third-order valence-corrected chi connectivity index (χ3v) is 2.61. The van der Waals surface area contributed by atoms with Crippen molar-refractivity contribution in [3.05, 3.63) is 6.92 Å². The van der Waals surface area contributed by atoms with Gasteiger partial charge in [0.2, 0.25) is 0 Å². The summed E-state index contributed by atoms with van der Waals surface area (Å²) >= 11 is 0. The van der Waals surface area contributed by atoms with Crippen LogP contribution in [0.4, 0.5) is 0 Å². The Kier molecular flexibility index (Phi) is 1.90. The maximum Gasteiger partial charge on any atom is 0.168 e. The zero-order chi connectivity index (χ0) is 7.73. The van der Waals surface area contributed by atoms with Crippen molar-refractivity contribution in [2.45, 2.75) is 31.5 Å². The van der Waals surface area contributed by atoms with Gasteiger partial charge in [-0.25, -0.2) is 0 Å². The van der Waals surface area contributed by atoms with Gasteiger partial charge in [0.05, 0.1) is 13.2 Å². The van der Waals surface area contributed by atoms with Crippen molar-refractivity contribution >= 4 is 0 Å². The van der Waals surface area contributed by atoms with E-state index in [9.17, 15) is 0 Å². The average Bonchev–Trinajstić information content (AvgIpc) is 2.02. The molecule has 2 rings (SSSR count). The van der Waals surface area contributed by atoms with Crippen LogP contribution in [0.15, 0.2) is 0 Å². The Morgan fingerprint density at radius 2 is 1.91 bits per heavy atom. The molecule has 62 valence electrons. The molecule has 0 aromatic heterocycles. The lowest BCUT2D eigenvalue weighted by atomic mass is 9.89. The summed E-state index contributed by atoms with van der Waals surface area (Å²) in [6, 6.07) is 0. The molecule has 0 aromatic carbocycles. The average molecular weight is 154 g/mol. The third-order valence-electron chi connectivity index (χ3n) is 2.61. The quantitative estimate of drug-likeness (QED) is 0.571. The predicted molar refractivity (Wildman–Crippen MR) is 40.9 cm³/mol. The van der Waals surface area contributed by atoms with Crippen molar-refractivity contribution in [2.24, 2.45) is 5.92 Å². The molecule has 0 unspecified atom stereocenters. The summed E-state index contributed by atoms with van der Waals surface area (Å²) in [5.41, 5.74) is 0. The van der Waals surface area contributed by atoms with E-state index in [1.165, 1.54) is 6.42 Å². The van der Waals surface area contributed by atoms with Crippen molar-refractivity contribution in [2.75, 3.05) is 13.2 Å². The maximum atomic E-state index is 5.60. The standard InChI is InChI=1S/C9H14O2/c1-2-8-6-10-9(11-7-8)4-3-5-9/h1,8H,2-7H2. The fraction of sp³-hybridized carbons (Fsp3) is 0.889. The van der Waals surface area contributed by atoms with Gasteiger partial charge >= 0.3 is 0 Å². The molecule has 0 atom stereocenters. The van der Waals surface area contributed by atoms with Gasteiger partial charge in [0.15, 0.2) is 5.79 Å². The van der Waals surface area contributed by atoms with Crippen molar-refractivity contribution in [3.8, 4) is 0 Å². The summed E-state index contributed by atoms with van der Waals surface area (Å²) in [6.45, 7) is 7.07. The largest absolute Gasteiger partial charge is 0.350 e. The first-order valence-corrected chi connectivity index (χ1v) is 4.33. The van der Waals surface area contributed by atoms with E-state index in [2.05, 4.69) is 0 Å². The van der Waals surface area contributed by atoms with Crippen LogP contribution in [0.1, 0.15) is 25.7 Å². The van der Waals surface area contributed by atoms with Crippen molar-refractivity contribution in [1.82, 2.24) is 0 Å². The molecule has 11 heavy (non-hydrogen) atoms. The molecule has 1 aliphatic heterocycles. The number of hydrogen-bond donors (Lipinski definition) is 0. The SMILES string of the molecule is [CH]CC1COC2(CCC2)OC1. The Hall–Kier alpha value is -0.0800. The van der Waals surface area contributed by atoms with Gasteiger partial charge in [0.25, 0.3) is 0 Å². The molecule has 0 N–H and O–H groups in total. The van der Waals surface area contributed by atoms with Crippen molar-refractivity contribution in [1.29, 1.82) is 0 Å². The van der Waals surface area contributed by atoms with Gasteiger partial charge in [-0.1, -0.05) is 0 Å². The van der Waals surface area contributed by atoms with Gasteiger partial charge in [-0.2, -0.15) is 0 Å². The smallest absolute Gasteiger partial charge is 0.168 e. The van der Waals surface area contributed by atoms with Crippen LogP contribution in [0.3, 0.4) is 0 Å². The molecule has 2 fully saturated rings. The first-order valence-electron chi connectivity index (χ1n) is 4.33. The fourth-order valence-electron chi connectivity index (χ4n) is 1.52. The molecule has 1 aliphatic carbocycles. The number of rotatable bonds is 1. The molecule has 2 aliphatic rings. The Morgan fingerprint density at radius 3 is 2.27 bits per heavy atom. The summed E-state index contributed by atoms with van der Waals surface area (Å²) in [6.07, 6.45) is 4.07. The maximum absolute atomic E-state index is 5.60. The van der Waals surface area contributed by atoms with E-state index in [-0.39, 0.29) is 5.79 Å². The summed E-state index contributed by atoms with van der Waals surface area (Å²) in [5.74, 6) is 0.243. The molecule has 0 bridgehead atoms. The van der Waals surface area contributed by atoms with Crippen LogP contribution in [0.5, 0.6) is 0 Å². The zero-order valence-corrected chi connectivity index (χ0v) is 6.71. The minimum Gasteiger partial charge on any atom is -0.350 e. The summed E-state index contributed by atoms with van der Waals surface area (Å²) in [5, 5.41) is 0. The van der Waals surface area contributed by atoms with E-state index < -0.39 is 0 Å². The van der Waals surface area contributed by atoms with Gasteiger partial charge in [-0.3, -0.25) is 0 Å². The van der Waals surface area contributed by atoms with Gasteiger partial charge in [-0.15, -0.1) is 0 Å². The summed E-state index contributed by atoms with van der Waals surface area (Å²) < 4.78 is 11.2. The van der Waals surface area contributed by atoms with Crippen LogP contribution >= 0.6 is 0 Å². The highest BCUT2D eigenvalue weighted by atomic mass is 16.7. The second-order valence-electron chi connectivity index (χ2n) is 3.49. The molecular formula is C9H14O2. The highest BCUT2D eigenvalue weighted by Crippen LogP contribution is 2.39. The van der Waals surface area contributed by atoms with E-state index >= 15 is 0 Å². The topological polar surface area (TPSA) is 18.5 Å². The van der Waals surface area contributed by atoms with Crippen LogP contribution in [0.25, 0.3) is 0 Å². The molecule has 0 aromatic rings. The second kappa shape index (κ2) is 2.76. The minimum atomic E-state index is -0.175. The molecule has 2 heteroatoms. The zero-order valence-electron chi connectivity index (χ0n) is 6.71. The fourth-order valence-corrected chi connectivity index (χ4v) is 1.52. The Morgan fingerprint density at radius 1 is 1.27 bits per heavy atom. The van der Waals surface area contributed by atoms with Crippen LogP contribution in [0, 0.1) is 12.8 Å². The lowest BCUT2D eigenvalue weighted by Gasteiger charge is -2.45. The van der Waals surface area contributed by atoms with E-state index in [1.54, 1.807) is 0 Å². The van der Waals surface area contributed by atoms with E-state index in [1.807, 2.05) is 0 Å². The molecule has 1 spiro atoms. The van der Waals surface area contributed by atoms with Crippen LogP contribution in [0.2, 0.25) is 0 Å². The van der Waals surface area contributed by atoms with Crippen LogP contribution < -0.4 is 0 Å². The van der Waals surface area contributed by atoms with Crippen molar-refractivity contribution in [3.63, 3.8) is 0 Å². The monoisotopic (exact) mass is 154 g/mol. The Bertz CT molecular complexity index is 130. The molecule has 2 radical (unpaired) electrons. The predicted octanol–water partition coefficient (Wildman–Crippen LogP) is 1.63. The normalized spacial score (nSPS) is 30.3.